The Morgan fingerprint density at radius 3 is 2.72 bits per heavy atom. The van der Waals surface area contributed by atoms with Crippen molar-refractivity contribution in [2.24, 2.45) is 0 Å². The van der Waals surface area contributed by atoms with E-state index in [0.717, 1.165) is 22.0 Å². The summed E-state index contributed by atoms with van der Waals surface area (Å²) in [4.78, 5) is 16.2. The Morgan fingerprint density at radius 2 is 2.06 bits per heavy atom. The highest BCUT2D eigenvalue weighted by atomic mass is 32.1. The first-order valence-electron chi connectivity index (χ1n) is 5.86. The topological polar surface area (TPSA) is 50.2 Å². The SMILES string of the molecule is Cc1nc(Cc2ccccc2)sc1CCC(=O)O. The van der Waals surface area contributed by atoms with Crippen molar-refractivity contribution in [3.8, 4) is 0 Å². The van der Waals surface area contributed by atoms with Gasteiger partial charge in [0.1, 0.15) is 0 Å². The molecule has 1 aromatic carbocycles. The van der Waals surface area contributed by atoms with Gasteiger partial charge in [-0.1, -0.05) is 30.3 Å². The fourth-order valence-electron chi connectivity index (χ4n) is 1.79. The number of aromatic nitrogens is 1. The van der Waals surface area contributed by atoms with Crippen molar-refractivity contribution in [3.63, 3.8) is 0 Å². The van der Waals surface area contributed by atoms with Crippen LogP contribution in [0.25, 0.3) is 0 Å². The molecule has 0 unspecified atom stereocenters. The number of carboxylic acids is 1. The van der Waals surface area contributed by atoms with Crippen LogP contribution in [-0.2, 0) is 17.6 Å². The molecule has 1 aromatic heterocycles. The van der Waals surface area contributed by atoms with E-state index in [9.17, 15) is 4.79 Å². The van der Waals surface area contributed by atoms with Crippen LogP contribution in [0.5, 0.6) is 0 Å². The van der Waals surface area contributed by atoms with Crippen molar-refractivity contribution in [3.05, 3.63) is 51.5 Å². The quantitative estimate of drug-likeness (QED) is 0.900. The van der Waals surface area contributed by atoms with Crippen LogP contribution in [0.3, 0.4) is 0 Å². The number of hydrogen-bond acceptors (Lipinski definition) is 3. The summed E-state index contributed by atoms with van der Waals surface area (Å²) in [6.45, 7) is 1.95. The van der Waals surface area contributed by atoms with Gasteiger partial charge in [-0.2, -0.15) is 0 Å². The van der Waals surface area contributed by atoms with Crippen molar-refractivity contribution in [1.82, 2.24) is 4.98 Å². The second-order valence-corrected chi connectivity index (χ2v) is 5.34. The minimum atomic E-state index is -0.757. The average molecular weight is 261 g/mol. The third kappa shape index (κ3) is 3.40. The normalized spacial score (nSPS) is 10.5. The average Bonchev–Trinajstić information content (AvgIpc) is 2.68. The van der Waals surface area contributed by atoms with Gasteiger partial charge in [0.15, 0.2) is 0 Å². The van der Waals surface area contributed by atoms with Gasteiger partial charge in [0.05, 0.1) is 17.1 Å². The molecule has 0 aliphatic heterocycles. The van der Waals surface area contributed by atoms with Gasteiger partial charge in [0.2, 0.25) is 0 Å². The van der Waals surface area contributed by atoms with E-state index in [1.54, 1.807) is 11.3 Å². The molecule has 1 heterocycles. The molecule has 0 aliphatic rings. The number of aryl methyl sites for hydroxylation is 2. The minimum Gasteiger partial charge on any atom is -0.481 e. The number of carbonyl (C=O) groups is 1. The van der Waals surface area contributed by atoms with Crippen LogP contribution in [0.2, 0.25) is 0 Å². The summed E-state index contributed by atoms with van der Waals surface area (Å²) in [5.74, 6) is -0.757. The predicted molar refractivity (Wildman–Crippen MR) is 72.1 cm³/mol. The highest BCUT2D eigenvalue weighted by Gasteiger charge is 2.09. The van der Waals surface area contributed by atoms with Crippen LogP contribution in [0, 0.1) is 6.92 Å². The van der Waals surface area contributed by atoms with Gasteiger partial charge >= 0.3 is 5.97 Å². The van der Waals surface area contributed by atoms with Gasteiger partial charge in [0, 0.05) is 11.3 Å². The maximum atomic E-state index is 10.6. The van der Waals surface area contributed by atoms with Gasteiger partial charge in [-0.25, -0.2) is 4.98 Å². The molecule has 0 radical (unpaired) electrons. The van der Waals surface area contributed by atoms with Gasteiger partial charge in [0.25, 0.3) is 0 Å². The van der Waals surface area contributed by atoms with Crippen LogP contribution < -0.4 is 0 Å². The van der Waals surface area contributed by atoms with Crippen LogP contribution in [0.1, 0.15) is 27.6 Å². The Kier molecular flexibility index (Phi) is 4.10. The molecule has 0 amide bonds. The lowest BCUT2D eigenvalue weighted by molar-refractivity contribution is -0.136. The largest absolute Gasteiger partial charge is 0.481 e. The fraction of sp³-hybridized carbons (Fsp3) is 0.286. The Hall–Kier alpha value is -1.68. The Bertz CT molecular complexity index is 534. The number of hydrogen-bond donors (Lipinski definition) is 1. The van der Waals surface area contributed by atoms with E-state index in [-0.39, 0.29) is 6.42 Å². The second-order valence-electron chi connectivity index (χ2n) is 4.17. The van der Waals surface area contributed by atoms with Crippen LogP contribution in [-0.4, -0.2) is 16.1 Å². The second kappa shape index (κ2) is 5.78. The van der Waals surface area contributed by atoms with Crippen molar-refractivity contribution in [2.75, 3.05) is 0 Å². The predicted octanol–water partition coefficient (Wildman–Crippen LogP) is 3.06. The smallest absolute Gasteiger partial charge is 0.303 e. The molecule has 1 N–H and O–H groups in total. The number of carboxylic acid groups (broad SMARTS) is 1. The lowest BCUT2D eigenvalue weighted by Crippen LogP contribution is -1.96. The summed E-state index contributed by atoms with van der Waals surface area (Å²) in [7, 11) is 0. The van der Waals surface area contributed by atoms with Gasteiger partial charge < -0.3 is 5.11 Å². The van der Waals surface area contributed by atoms with E-state index in [1.807, 2.05) is 25.1 Å². The zero-order valence-corrected chi connectivity index (χ0v) is 11.0. The summed E-state index contributed by atoms with van der Waals surface area (Å²) in [6, 6.07) is 10.2. The number of rotatable bonds is 5. The van der Waals surface area contributed by atoms with E-state index in [4.69, 9.17) is 5.11 Å². The standard InChI is InChI=1S/C14H15NO2S/c1-10-12(7-8-14(16)17)18-13(15-10)9-11-5-3-2-4-6-11/h2-6H,7-9H2,1H3,(H,16,17). The van der Waals surface area contributed by atoms with Crippen molar-refractivity contribution < 1.29 is 9.90 Å². The third-order valence-corrected chi connectivity index (χ3v) is 3.92. The Labute approximate surface area is 110 Å². The number of benzene rings is 1. The van der Waals surface area contributed by atoms with E-state index < -0.39 is 5.97 Å². The molecule has 4 heteroatoms. The highest BCUT2D eigenvalue weighted by molar-refractivity contribution is 7.11. The zero-order valence-electron chi connectivity index (χ0n) is 10.2. The molecule has 0 aliphatic carbocycles. The maximum absolute atomic E-state index is 10.6. The van der Waals surface area contributed by atoms with E-state index in [1.165, 1.54) is 5.56 Å². The molecule has 0 spiro atoms. The summed E-state index contributed by atoms with van der Waals surface area (Å²) in [5.41, 5.74) is 2.20. The van der Waals surface area contributed by atoms with Gasteiger partial charge in [-0.15, -0.1) is 11.3 Å². The molecular formula is C14H15NO2S. The zero-order chi connectivity index (χ0) is 13.0. The van der Waals surface area contributed by atoms with E-state index in [0.29, 0.717) is 6.42 Å². The summed E-state index contributed by atoms with van der Waals surface area (Å²) in [6.07, 6.45) is 1.57. The molecule has 3 nitrogen and oxygen atoms in total. The molecule has 18 heavy (non-hydrogen) atoms. The molecule has 94 valence electrons. The maximum Gasteiger partial charge on any atom is 0.303 e. The van der Waals surface area contributed by atoms with E-state index in [2.05, 4.69) is 17.1 Å². The first kappa shape index (κ1) is 12.8. The molecule has 0 fully saturated rings. The Balaban J connectivity index is 2.06. The van der Waals surface area contributed by atoms with Crippen LogP contribution >= 0.6 is 11.3 Å². The third-order valence-electron chi connectivity index (χ3n) is 2.70. The minimum absolute atomic E-state index is 0.174. The first-order chi connectivity index (χ1) is 8.65. The van der Waals surface area contributed by atoms with Crippen molar-refractivity contribution in [2.45, 2.75) is 26.2 Å². The highest BCUT2D eigenvalue weighted by Crippen LogP contribution is 2.22. The molecule has 0 saturated carbocycles. The molecule has 0 bridgehead atoms. The molecule has 0 atom stereocenters. The van der Waals surface area contributed by atoms with Gasteiger partial charge in [-0.05, 0) is 18.9 Å². The number of thiazole rings is 1. The number of nitrogens with zero attached hydrogens (tertiary/aromatic N) is 1. The van der Waals surface area contributed by atoms with Crippen LogP contribution in [0.15, 0.2) is 30.3 Å². The van der Waals surface area contributed by atoms with Gasteiger partial charge in [-0.3, -0.25) is 4.79 Å². The Morgan fingerprint density at radius 1 is 1.33 bits per heavy atom. The monoisotopic (exact) mass is 261 g/mol. The molecule has 0 saturated heterocycles. The van der Waals surface area contributed by atoms with Crippen LogP contribution in [0.4, 0.5) is 0 Å². The lowest BCUT2D eigenvalue weighted by Gasteiger charge is -1.96. The number of aliphatic carboxylic acids is 1. The molecule has 2 aromatic rings. The molecular weight excluding hydrogens is 246 g/mol. The van der Waals surface area contributed by atoms with E-state index >= 15 is 0 Å². The summed E-state index contributed by atoms with van der Waals surface area (Å²) >= 11 is 1.62. The fourth-order valence-corrected chi connectivity index (χ4v) is 2.89. The van der Waals surface area contributed by atoms with Crippen molar-refractivity contribution in [1.29, 1.82) is 0 Å². The van der Waals surface area contributed by atoms with Crippen molar-refractivity contribution >= 4 is 17.3 Å². The summed E-state index contributed by atoms with van der Waals surface area (Å²) < 4.78 is 0. The molecule has 2 rings (SSSR count). The first-order valence-corrected chi connectivity index (χ1v) is 6.67. The lowest BCUT2D eigenvalue weighted by atomic mass is 10.2. The summed E-state index contributed by atoms with van der Waals surface area (Å²) in [5, 5.41) is 9.75.